The molecule has 0 spiro atoms. The molecule has 0 bridgehead atoms. The number of carbonyl (C=O) groups is 1. The first-order valence-electron chi connectivity index (χ1n) is 8.64. The fourth-order valence-corrected chi connectivity index (χ4v) is 3.22. The topological polar surface area (TPSA) is 86.8 Å². The van der Waals surface area contributed by atoms with Crippen molar-refractivity contribution in [3.05, 3.63) is 54.7 Å². The molecule has 2 aromatic heterocycles. The molecular formula is C19H20N6O. The molecule has 1 aliphatic rings. The number of amides is 2. The first-order valence-corrected chi connectivity index (χ1v) is 8.64. The lowest BCUT2D eigenvalue weighted by Crippen LogP contribution is -2.36. The fraction of sp³-hybridized carbons (Fsp3) is 0.263. The third kappa shape index (κ3) is 3.15. The Bertz CT molecular complexity index is 890. The Morgan fingerprint density at radius 3 is 2.62 bits per heavy atom. The molecular weight excluding hydrogens is 328 g/mol. The molecule has 7 heteroatoms. The summed E-state index contributed by atoms with van der Waals surface area (Å²) in [5, 5.41) is 2.67. The van der Waals surface area contributed by atoms with Crippen LogP contribution in [0.25, 0.3) is 22.6 Å². The zero-order chi connectivity index (χ0) is 17.9. The van der Waals surface area contributed by atoms with E-state index in [0.29, 0.717) is 12.4 Å². The molecule has 0 saturated carbocycles. The van der Waals surface area contributed by atoms with Crippen LogP contribution in [0.1, 0.15) is 18.2 Å². The highest BCUT2D eigenvalue weighted by Crippen LogP contribution is 2.27. The van der Waals surface area contributed by atoms with Crippen LogP contribution in [0.4, 0.5) is 4.79 Å². The van der Waals surface area contributed by atoms with Crippen molar-refractivity contribution in [2.75, 3.05) is 20.1 Å². The predicted octanol–water partition coefficient (Wildman–Crippen LogP) is 2.66. The lowest BCUT2D eigenvalue weighted by Gasteiger charge is -2.14. The van der Waals surface area contributed by atoms with Gasteiger partial charge in [0.1, 0.15) is 5.82 Å². The number of carbonyl (C=O) groups excluding carboxylic acids is 1. The SMILES string of the molecule is CNC(=O)N1CCC(c2ncc(-c3cnc(-c4ccccc4)nc3)[nH]2)C1. The number of H-pyrrole nitrogens is 1. The van der Waals surface area contributed by atoms with E-state index in [4.69, 9.17) is 0 Å². The molecule has 1 aromatic carbocycles. The van der Waals surface area contributed by atoms with Crippen LogP contribution in [0.2, 0.25) is 0 Å². The second kappa shape index (κ2) is 6.95. The van der Waals surface area contributed by atoms with E-state index in [-0.39, 0.29) is 11.9 Å². The van der Waals surface area contributed by atoms with Crippen LogP contribution in [0.3, 0.4) is 0 Å². The number of likely N-dealkylation sites (tertiary alicyclic amines) is 1. The van der Waals surface area contributed by atoms with Crippen molar-refractivity contribution in [3.8, 4) is 22.6 Å². The Labute approximate surface area is 151 Å². The maximum atomic E-state index is 11.7. The summed E-state index contributed by atoms with van der Waals surface area (Å²) in [5.74, 6) is 1.83. The van der Waals surface area contributed by atoms with Crippen molar-refractivity contribution in [2.24, 2.45) is 0 Å². The van der Waals surface area contributed by atoms with Crippen LogP contribution >= 0.6 is 0 Å². The number of imidazole rings is 1. The van der Waals surface area contributed by atoms with E-state index in [0.717, 1.165) is 35.6 Å². The van der Waals surface area contributed by atoms with Crippen LogP contribution in [0, 0.1) is 0 Å². The number of aromatic amines is 1. The highest BCUT2D eigenvalue weighted by atomic mass is 16.2. The molecule has 4 rings (SSSR count). The third-order valence-electron chi connectivity index (χ3n) is 4.67. The van der Waals surface area contributed by atoms with Gasteiger partial charge in [-0.3, -0.25) is 0 Å². The molecule has 1 saturated heterocycles. The Hall–Kier alpha value is -3.22. The summed E-state index contributed by atoms with van der Waals surface area (Å²) in [7, 11) is 1.65. The molecule has 2 N–H and O–H groups in total. The van der Waals surface area contributed by atoms with Gasteiger partial charge in [-0.05, 0) is 6.42 Å². The molecule has 0 aliphatic carbocycles. The average molecular weight is 348 g/mol. The second-order valence-electron chi connectivity index (χ2n) is 6.33. The van der Waals surface area contributed by atoms with Crippen molar-refractivity contribution < 1.29 is 4.79 Å². The van der Waals surface area contributed by atoms with E-state index in [2.05, 4.69) is 25.3 Å². The Morgan fingerprint density at radius 2 is 1.88 bits per heavy atom. The minimum Gasteiger partial charge on any atom is -0.342 e. The van der Waals surface area contributed by atoms with Crippen LogP contribution < -0.4 is 5.32 Å². The van der Waals surface area contributed by atoms with Crippen molar-refractivity contribution in [1.29, 1.82) is 0 Å². The second-order valence-corrected chi connectivity index (χ2v) is 6.33. The number of hydrogen-bond donors (Lipinski definition) is 2. The van der Waals surface area contributed by atoms with Gasteiger partial charge < -0.3 is 15.2 Å². The van der Waals surface area contributed by atoms with Gasteiger partial charge in [0, 0.05) is 49.6 Å². The lowest BCUT2D eigenvalue weighted by molar-refractivity contribution is 0.210. The minimum absolute atomic E-state index is 0.0378. The first kappa shape index (κ1) is 16.3. The van der Waals surface area contributed by atoms with E-state index < -0.39 is 0 Å². The van der Waals surface area contributed by atoms with Gasteiger partial charge in [-0.25, -0.2) is 19.7 Å². The summed E-state index contributed by atoms with van der Waals surface area (Å²) in [4.78, 5) is 30.3. The molecule has 0 radical (unpaired) electrons. The van der Waals surface area contributed by atoms with Crippen molar-refractivity contribution in [1.82, 2.24) is 30.2 Å². The van der Waals surface area contributed by atoms with Crippen molar-refractivity contribution in [3.63, 3.8) is 0 Å². The van der Waals surface area contributed by atoms with E-state index in [1.807, 2.05) is 35.2 Å². The lowest BCUT2D eigenvalue weighted by atomic mass is 10.1. The summed E-state index contributed by atoms with van der Waals surface area (Å²) in [6, 6.07) is 9.85. The van der Waals surface area contributed by atoms with Gasteiger partial charge in [0.05, 0.1) is 11.9 Å². The highest BCUT2D eigenvalue weighted by molar-refractivity contribution is 5.74. The Balaban J connectivity index is 1.49. The smallest absolute Gasteiger partial charge is 0.317 e. The molecule has 3 aromatic rings. The summed E-state index contributed by atoms with van der Waals surface area (Å²) >= 11 is 0. The van der Waals surface area contributed by atoms with E-state index in [9.17, 15) is 4.79 Å². The van der Waals surface area contributed by atoms with Gasteiger partial charge in [0.15, 0.2) is 5.82 Å². The van der Waals surface area contributed by atoms with E-state index in [1.54, 1.807) is 25.6 Å². The Morgan fingerprint density at radius 1 is 1.12 bits per heavy atom. The number of nitrogens with zero attached hydrogens (tertiary/aromatic N) is 4. The summed E-state index contributed by atoms with van der Waals surface area (Å²) in [6.07, 6.45) is 6.32. The molecule has 26 heavy (non-hydrogen) atoms. The minimum atomic E-state index is -0.0378. The van der Waals surface area contributed by atoms with Crippen LogP contribution in [0.15, 0.2) is 48.9 Å². The first-order chi connectivity index (χ1) is 12.7. The van der Waals surface area contributed by atoms with Gasteiger partial charge in [-0.1, -0.05) is 30.3 Å². The van der Waals surface area contributed by atoms with Gasteiger partial charge in [-0.2, -0.15) is 0 Å². The van der Waals surface area contributed by atoms with Crippen molar-refractivity contribution in [2.45, 2.75) is 12.3 Å². The fourth-order valence-electron chi connectivity index (χ4n) is 3.22. The molecule has 7 nitrogen and oxygen atoms in total. The largest absolute Gasteiger partial charge is 0.342 e. The van der Waals surface area contributed by atoms with E-state index in [1.165, 1.54) is 0 Å². The van der Waals surface area contributed by atoms with Gasteiger partial charge >= 0.3 is 6.03 Å². The maximum absolute atomic E-state index is 11.7. The van der Waals surface area contributed by atoms with Gasteiger partial charge in [0.25, 0.3) is 0 Å². The highest BCUT2D eigenvalue weighted by Gasteiger charge is 2.28. The normalized spacial score (nSPS) is 16.7. The van der Waals surface area contributed by atoms with Crippen LogP contribution in [0.5, 0.6) is 0 Å². The zero-order valence-electron chi connectivity index (χ0n) is 14.5. The maximum Gasteiger partial charge on any atom is 0.317 e. The molecule has 1 atom stereocenters. The average Bonchev–Trinajstić information content (AvgIpc) is 3.38. The third-order valence-corrected chi connectivity index (χ3v) is 4.67. The number of urea groups is 1. The quantitative estimate of drug-likeness (QED) is 0.762. The zero-order valence-corrected chi connectivity index (χ0v) is 14.5. The molecule has 1 unspecified atom stereocenters. The van der Waals surface area contributed by atoms with Crippen molar-refractivity contribution >= 4 is 6.03 Å². The van der Waals surface area contributed by atoms with Gasteiger partial charge in [-0.15, -0.1) is 0 Å². The number of aromatic nitrogens is 4. The number of nitrogens with one attached hydrogen (secondary N) is 2. The van der Waals surface area contributed by atoms with Gasteiger partial charge in [0.2, 0.25) is 0 Å². The molecule has 2 amide bonds. The molecule has 132 valence electrons. The standard InChI is InChI=1S/C19H20N6O/c1-20-19(26)25-8-7-14(12-25)18-23-11-16(24-18)15-9-21-17(22-10-15)13-5-3-2-4-6-13/h2-6,9-11,14H,7-8,12H2,1H3,(H,20,26)(H,23,24). The van der Waals surface area contributed by atoms with E-state index >= 15 is 0 Å². The predicted molar refractivity (Wildman–Crippen MR) is 98.4 cm³/mol. The molecule has 3 heterocycles. The number of rotatable bonds is 3. The summed E-state index contributed by atoms with van der Waals surface area (Å²) in [5.41, 5.74) is 2.77. The molecule has 1 aliphatic heterocycles. The number of benzene rings is 1. The summed E-state index contributed by atoms with van der Waals surface area (Å²) < 4.78 is 0. The van der Waals surface area contributed by atoms with Crippen LogP contribution in [-0.2, 0) is 0 Å². The number of hydrogen-bond acceptors (Lipinski definition) is 4. The molecule has 1 fully saturated rings. The Kier molecular flexibility index (Phi) is 4.35. The van der Waals surface area contributed by atoms with Crippen LogP contribution in [-0.4, -0.2) is 51.0 Å². The summed E-state index contributed by atoms with van der Waals surface area (Å²) in [6.45, 7) is 1.42. The monoisotopic (exact) mass is 348 g/mol.